The van der Waals surface area contributed by atoms with Crippen LogP contribution in [-0.4, -0.2) is 35.9 Å². The number of halogens is 1. The Morgan fingerprint density at radius 2 is 2.00 bits per heavy atom. The van der Waals surface area contributed by atoms with E-state index >= 15 is 0 Å². The zero-order valence-corrected chi connectivity index (χ0v) is 15.5. The highest BCUT2D eigenvalue weighted by molar-refractivity contribution is 6.30. The second kappa shape index (κ2) is 7.58. The molecule has 3 aromatic rings. The van der Waals surface area contributed by atoms with Crippen LogP contribution in [0.5, 0.6) is 0 Å². The second-order valence-electron chi connectivity index (χ2n) is 6.73. The zero-order chi connectivity index (χ0) is 18.7. The first-order chi connectivity index (χ1) is 13.2. The quantitative estimate of drug-likeness (QED) is 0.700. The number of rotatable bonds is 5. The van der Waals surface area contributed by atoms with Gasteiger partial charge in [-0.2, -0.15) is 5.10 Å². The van der Waals surface area contributed by atoms with Crippen LogP contribution in [0.15, 0.2) is 53.1 Å². The molecule has 1 aliphatic rings. The van der Waals surface area contributed by atoms with E-state index in [0.717, 1.165) is 18.4 Å². The van der Waals surface area contributed by atoms with Crippen molar-refractivity contribution >= 4 is 17.5 Å². The first kappa shape index (κ1) is 17.8. The number of aromatic nitrogens is 2. The van der Waals surface area contributed by atoms with Crippen LogP contribution >= 0.6 is 11.6 Å². The van der Waals surface area contributed by atoms with Crippen LogP contribution in [0.1, 0.15) is 28.9 Å². The molecule has 4 rings (SSSR count). The number of furan rings is 1. The Labute approximate surface area is 161 Å². The number of ether oxygens (including phenoxy) is 1. The molecule has 1 aromatic carbocycles. The van der Waals surface area contributed by atoms with E-state index < -0.39 is 0 Å². The highest BCUT2D eigenvalue weighted by atomic mass is 35.5. The SMILES string of the molecule is O=C(NCC1(c2ccc(Cl)cc2)CCOCC1)c1cc(-c2ccco2)[nH]n1. The molecule has 1 aliphatic heterocycles. The lowest BCUT2D eigenvalue weighted by Crippen LogP contribution is -2.44. The fourth-order valence-corrected chi connectivity index (χ4v) is 3.60. The summed E-state index contributed by atoms with van der Waals surface area (Å²) in [7, 11) is 0. The van der Waals surface area contributed by atoms with Crippen LogP contribution in [0.4, 0.5) is 0 Å². The summed E-state index contributed by atoms with van der Waals surface area (Å²) in [5, 5.41) is 10.7. The van der Waals surface area contributed by atoms with Crippen LogP contribution in [0, 0.1) is 0 Å². The van der Waals surface area contributed by atoms with Crippen molar-refractivity contribution in [1.82, 2.24) is 15.5 Å². The van der Waals surface area contributed by atoms with Gasteiger partial charge in [0.15, 0.2) is 11.5 Å². The van der Waals surface area contributed by atoms with Crippen molar-refractivity contribution in [3.05, 3.63) is 65.0 Å². The molecule has 0 unspecified atom stereocenters. The molecule has 7 heteroatoms. The van der Waals surface area contributed by atoms with Crippen molar-refractivity contribution in [3.63, 3.8) is 0 Å². The van der Waals surface area contributed by atoms with Crippen molar-refractivity contribution in [2.24, 2.45) is 0 Å². The molecule has 0 radical (unpaired) electrons. The van der Waals surface area contributed by atoms with E-state index in [2.05, 4.69) is 15.5 Å². The van der Waals surface area contributed by atoms with Gasteiger partial charge in [-0.25, -0.2) is 0 Å². The van der Waals surface area contributed by atoms with Gasteiger partial charge in [-0.3, -0.25) is 9.89 Å². The van der Waals surface area contributed by atoms with Crippen LogP contribution in [0.3, 0.4) is 0 Å². The normalized spacial score (nSPS) is 16.2. The number of H-pyrrole nitrogens is 1. The maximum Gasteiger partial charge on any atom is 0.271 e. The topological polar surface area (TPSA) is 80.1 Å². The number of amides is 1. The summed E-state index contributed by atoms with van der Waals surface area (Å²) in [5.74, 6) is 0.424. The molecule has 1 fully saturated rings. The van der Waals surface area contributed by atoms with Gasteiger partial charge in [0, 0.05) is 36.3 Å². The van der Waals surface area contributed by atoms with Gasteiger partial charge < -0.3 is 14.5 Å². The Morgan fingerprint density at radius 3 is 2.70 bits per heavy atom. The van der Waals surface area contributed by atoms with Crippen molar-refractivity contribution in [3.8, 4) is 11.5 Å². The predicted molar refractivity (Wildman–Crippen MR) is 102 cm³/mol. The van der Waals surface area contributed by atoms with Crippen molar-refractivity contribution in [1.29, 1.82) is 0 Å². The molecule has 2 aromatic heterocycles. The molecule has 0 bridgehead atoms. The number of carbonyl (C=O) groups is 1. The standard InChI is InChI=1S/C20H20ClN3O3/c21-15-5-3-14(4-6-15)20(7-10-26-11-8-20)13-22-19(25)17-12-16(23-24-17)18-2-1-9-27-18/h1-6,9,12H,7-8,10-11,13H2,(H,22,25)(H,23,24). The average Bonchev–Trinajstić information content (AvgIpc) is 3.39. The molecule has 0 aliphatic carbocycles. The van der Waals surface area contributed by atoms with Crippen LogP contribution in [-0.2, 0) is 10.2 Å². The van der Waals surface area contributed by atoms with E-state index in [1.807, 2.05) is 30.3 Å². The minimum absolute atomic E-state index is 0.168. The maximum absolute atomic E-state index is 12.6. The molecular formula is C20H20ClN3O3. The lowest BCUT2D eigenvalue weighted by Gasteiger charge is -2.38. The molecule has 1 amide bonds. The summed E-state index contributed by atoms with van der Waals surface area (Å²) in [6, 6.07) is 13.1. The Kier molecular flexibility index (Phi) is 5.01. The minimum Gasteiger partial charge on any atom is -0.463 e. The molecule has 27 heavy (non-hydrogen) atoms. The third kappa shape index (κ3) is 3.77. The molecule has 0 saturated carbocycles. The van der Waals surface area contributed by atoms with Gasteiger partial charge in [-0.05, 0) is 42.7 Å². The maximum atomic E-state index is 12.6. The molecule has 2 N–H and O–H groups in total. The fourth-order valence-electron chi connectivity index (χ4n) is 3.47. The van der Waals surface area contributed by atoms with Gasteiger partial charge in [0.2, 0.25) is 0 Å². The summed E-state index contributed by atoms with van der Waals surface area (Å²) < 4.78 is 10.9. The smallest absolute Gasteiger partial charge is 0.271 e. The van der Waals surface area contributed by atoms with Gasteiger partial charge in [-0.15, -0.1) is 0 Å². The Balaban J connectivity index is 1.49. The minimum atomic E-state index is -0.219. The van der Waals surface area contributed by atoms with Crippen LogP contribution in [0.2, 0.25) is 5.02 Å². The summed E-state index contributed by atoms with van der Waals surface area (Å²) in [4.78, 5) is 12.6. The van der Waals surface area contributed by atoms with E-state index in [-0.39, 0.29) is 11.3 Å². The number of aromatic amines is 1. The third-order valence-electron chi connectivity index (χ3n) is 5.09. The number of carbonyl (C=O) groups excluding carboxylic acids is 1. The average molecular weight is 386 g/mol. The van der Waals surface area contributed by atoms with Crippen molar-refractivity contribution in [2.75, 3.05) is 19.8 Å². The Hall–Kier alpha value is -2.57. The van der Waals surface area contributed by atoms with E-state index in [4.69, 9.17) is 20.8 Å². The summed E-state index contributed by atoms with van der Waals surface area (Å²) >= 11 is 6.03. The van der Waals surface area contributed by atoms with E-state index in [1.54, 1.807) is 18.4 Å². The van der Waals surface area contributed by atoms with Gasteiger partial charge in [-0.1, -0.05) is 23.7 Å². The molecule has 140 valence electrons. The second-order valence-corrected chi connectivity index (χ2v) is 7.16. The van der Waals surface area contributed by atoms with E-state index in [1.165, 1.54) is 0 Å². The largest absolute Gasteiger partial charge is 0.463 e. The third-order valence-corrected chi connectivity index (χ3v) is 5.34. The number of nitrogens with one attached hydrogen (secondary N) is 2. The van der Waals surface area contributed by atoms with Crippen molar-refractivity contribution in [2.45, 2.75) is 18.3 Å². The zero-order valence-electron chi connectivity index (χ0n) is 14.7. The monoisotopic (exact) mass is 385 g/mol. The Bertz CT molecular complexity index is 897. The summed E-state index contributed by atoms with van der Waals surface area (Å²) in [6.45, 7) is 1.85. The molecule has 0 atom stereocenters. The van der Waals surface area contributed by atoms with E-state index in [0.29, 0.717) is 41.9 Å². The number of hydrogen-bond acceptors (Lipinski definition) is 4. The summed E-state index contributed by atoms with van der Waals surface area (Å²) in [6.07, 6.45) is 3.26. The molecule has 0 spiro atoms. The highest BCUT2D eigenvalue weighted by Crippen LogP contribution is 2.35. The fraction of sp³-hybridized carbons (Fsp3) is 0.300. The molecule has 3 heterocycles. The predicted octanol–water partition coefficient (Wildman–Crippen LogP) is 3.80. The van der Waals surface area contributed by atoms with Gasteiger partial charge in [0.1, 0.15) is 5.69 Å². The first-order valence-corrected chi connectivity index (χ1v) is 9.25. The number of nitrogens with zero attached hydrogens (tertiary/aromatic N) is 1. The number of benzene rings is 1. The van der Waals surface area contributed by atoms with E-state index in [9.17, 15) is 4.79 Å². The van der Waals surface area contributed by atoms with Crippen LogP contribution in [0.25, 0.3) is 11.5 Å². The molecule has 6 nitrogen and oxygen atoms in total. The highest BCUT2D eigenvalue weighted by Gasteiger charge is 2.35. The Morgan fingerprint density at radius 1 is 1.22 bits per heavy atom. The van der Waals surface area contributed by atoms with Crippen LogP contribution < -0.4 is 5.32 Å². The lowest BCUT2D eigenvalue weighted by atomic mass is 9.74. The van der Waals surface area contributed by atoms with Gasteiger partial charge in [0.05, 0.1) is 6.26 Å². The summed E-state index contributed by atoms with van der Waals surface area (Å²) in [5.41, 5.74) is 2.00. The molecular weight excluding hydrogens is 366 g/mol. The lowest BCUT2D eigenvalue weighted by molar-refractivity contribution is 0.0486. The van der Waals surface area contributed by atoms with Gasteiger partial charge >= 0.3 is 0 Å². The molecule has 1 saturated heterocycles. The number of hydrogen-bond donors (Lipinski definition) is 2. The van der Waals surface area contributed by atoms with Gasteiger partial charge in [0.25, 0.3) is 5.91 Å². The first-order valence-electron chi connectivity index (χ1n) is 8.88. The van der Waals surface area contributed by atoms with Crippen molar-refractivity contribution < 1.29 is 13.9 Å².